The number of hydrogen-bond acceptors (Lipinski definition) is 2. The van der Waals surface area contributed by atoms with Gasteiger partial charge in [0.15, 0.2) is 0 Å². The van der Waals surface area contributed by atoms with Gasteiger partial charge in [0, 0.05) is 13.5 Å². The third-order valence-corrected chi connectivity index (χ3v) is 4.59. The van der Waals surface area contributed by atoms with Crippen LogP contribution in [-0.4, -0.2) is 23.3 Å². The quantitative estimate of drug-likeness (QED) is 0.944. The van der Waals surface area contributed by atoms with Crippen molar-refractivity contribution in [3.8, 4) is 0 Å². The molecule has 1 heterocycles. The molecule has 24 heavy (non-hydrogen) atoms. The lowest BCUT2D eigenvalue weighted by Crippen LogP contribution is -2.46. The molecule has 0 radical (unpaired) electrons. The fourth-order valence-electron chi connectivity index (χ4n) is 3.31. The molecule has 0 saturated carbocycles. The molecule has 0 fully saturated rings. The van der Waals surface area contributed by atoms with Crippen LogP contribution in [0.2, 0.25) is 0 Å². The molecular weight excluding hydrogens is 300 g/mol. The molecule has 0 spiro atoms. The molecule has 1 aliphatic heterocycles. The molecule has 0 unspecified atom stereocenters. The molecule has 4 heteroatoms. The average Bonchev–Trinajstić information content (AvgIpc) is 2.61. The van der Waals surface area contributed by atoms with Crippen LogP contribution in [0.25, 0.3) is 0 Å². The van der Waals surface area contributed by atoms with E-state index in [0.717, 1.165) is 23.1 Å². The summed E-state index contributed by atoms with van der Waals surface area (Å²) in [6.07, 6.45) is 0.785. The second-order valence-corrected chi connectivity index (χ2v) is 6.20. The minimum absolute atomic E-state index is 0.0722. The van der Waals surface area contributed by atoms with E-state index in [1.165, 1.54) is 6.92 Å². The van der Waals surface area contributed by atoms with Gasteiger partial charge >= 0.3 is 0 Å². The first-order chi connectivity index (χ1) is 11.6. The minimum Gasteiger partial charge on any atom is -0.347 e. The van der Waals surface area contributed by atoms with Gasteiger partial charge in [0.25, 0.3) is 0 Å². The molecule has 3 rings (SSSR count). The largest absolute Gasteiger partial charge is 0.347 e. The Kier molecular flexibility index (Phi) is 4.65. The van der Waals surface area contributed by atoms with E-state index >= 15 is 0 Å². The van der Waals surface area contributed by atoms with Gasteiger partial charge in [-0.3, -0.25) is 9.59 Å². The fraction of sp³-hybridized carbons (Fsp3) is 0.300. The molecule has 2 aromatic carbocycles. The Hall–Kier alpha value is -2.62. The Bertz CT molecular complexity index is 742. The third kappa shape index (κ3) is 3.18. The topological polar surface area (TPSA) is 49.4 Å². The summed E-state index contributed by atoms with van der Waals surface area (Å²) in [6, 6.07) is 17.0. The molecule has 1 aliphatic rings. The zero-order chi connectivity index (χ0) is 17.1. The number of carbonyl (C=O) groups excluding carboxylic acids is 2. The van der Waals surface area contributed by atoms with E-state index in [2.05, 4.69) is 5.32 Å². The summed E-state index contributed by atoms with van der Waals surface area (Å²) in [6.45, 7) is 4.05. The van der Waals surface area contributed by atoms with Gasteiger partial charge in [0.05, 0.1) is 6.04 Å². The van der Waals surface area contributed by atoms with E-state index < -0.39 is 6.04 Å². The van der Waals surface area contributed by atoms with E-state index in [4.69, 9.17) is 0 Å². The highest BCUT2D eigenvalue weighted by Gasteiger charge is 2.34. The summed E-state index contributed by atoms with van der Waals surface area (Å²) >= 11 is 0. The lowest BCUT2D eigenvalue weighted by molar-refractivity contribution is -0.140. The normalized spacial score (nSPS) is 17.8. The van der Waals surface area contributed by atoms with Crippen LogP contribution in [0.3, 0.4) is 0 Å². The van der Waals surface area contributed by atoms with Crippen LogP contribution in [0.5, 0.6) is 0 Å². The molecule has 0 saturated heterocycles. The van der Waals surface area contributed by atoms with Crippen molar-refractivity contribution >= 4 is 11.8 Å². The standard InChI is InChI=1S/C20H22N2O2/c1-14(16-8-4-3-5-9-16)21-20(24)19-18-11-7-6-10-17(18)12-13-22(19)15(2)23/h3-11,14,19H,12-13H2,1-2H3,(H,21,24)/t14-,19-/m0/s1. The Morgan fingerprint density at radius 2 is 1.75 bits per heavy atom. The van der Waals surface area contributed by atoms with E-state index in [9.17, 15) is 9.59 Å². The predicted octanol–water partition coefficient (Wildman–Crippen LogP) is 3.01. The summed E-state index contributed by atoms with van der Waals surface area (Å²) in [5.41, 5.74) is 3.11. The van der Waals surface area contributed by atoms with Gasteiger partial charge in [-0.15, -0.1) is 0 Å². The van der Waals surface area contributed by atoms with Gasteiger partial charge in [0.1, 0.15) is 6.04 Å². The van der Waals surface area contributed by atoms with Gasteiger partial charge in [-0.1, -0.05) is 54.6 Å². The van der Waals surface area contributed by atoms with Crippen LogP contribution in [0.15, 0.2) is 54.6 Å². The number of rotatable bonds is 3. The van der Waals surface area contributed by atoms with Gasteiger partial charge in [-0.25, -0.2) is 0 Å². The molecule has 0 aliphatic carbocycles. The highest BCUT2D eigenvalue weighted by atomic mass is 16.2. The van der Waals surface area contributed by atoms with E-state index in [1.54, 1.807) is 4.90 Å². The predicted molar refractivity (Wildman–Crippen MR) is 93.3 cm³/mol. The second-order valence-electron chi connectivity index (χ2n) is 6.20. The number of benzene rings is 2. The Labute approximate surface area is 142 Å². The minimum atomic E-state index is -0.557. The van der Waals surface area contributed by atoms with Crippen LogP contribution in [0.1, 0.15) is 42.6 Å². The Morgan fingerprint density at radius 1 is 1.08 bits per heavy atom. The summed E-state index contributed by atoms with van der Waals surface area (Å²) in [5, 5.41) is 3.06. The van der Waals surface area contributed by atoms with Gasteiger partial charge < -0.3 is 10.2 Å². The zero-order valence-electron chi connectivity index (χ0n) is 14.0. The Balaban J connectivity index is 1.87. The molecule has 124 valence electrons. The summed E-state index contributed by atoms with van der Waals surface area (Å²) in [4.78, 5) is 26.6. The number of amides is 2. The van der Waals surface area contributed by atoms with Crippen molar-refractivity contribution in [3.63, 3.8) is 0 Å². The first-order valence-corrected chi connectivity index (χ1v) is 8.28. The first-order valence-electron chi connectivity index (χ1n) is 8.28. The smallest absolute Gasteiger partial charge is 0.247 e. The SMILES string of the molecule is CC(=O)N1CCc2ccccc2[C@H]1C(=O)N[C@@H](C)c1ccccc1. The molecule has 2 amide bonds. The molecule has 4 nitrogen and oxygen atoms in total. The number of nitrogens with one attached hydrogen (secondary N) is 1. The molecule has 2 aromatic rings. The zero-order valence-corrected chi connectivity index (χ0v) is 14.0. The molecule has 0 bridgehead atoms. The first kappa shape index (κ1) is 16.2. The van der Waals surface area contributed by atoms with Crippen molar-refractivity contribution in [1.29, 1.82) is 0 Å². The van der Waals surface area contributed by atoms with Crippen molar-refractivity contribution in [3.05, 3.63) is 71.3 Å². The highest BCUT2D eigenvalue weighted by molar-refractivity contribution is 5.89. The van der Waals surface area contributed by atoms with Crippen molar-refractivity contribution in [2.75, 3.05) is 6.54 Å². The number of fused-ring (bicyclic) bond motifs is 1. The molecular formula is C20H22N2O2. The number of nitrogens with zero attached hydrogens (tertiary/aromatic N) is 1. The molecule has 2 atom stereocenters. The maximum atomic E-state index is 13.0. The Morgan fingerprint density at radius 3 is 2.46 bits per heavy atom. The van der Waals surface area contributed by atoms with Gasteiger partial charge in [-0.2, -0.15) is 0 Å². The lowest BCUT2D eigenvalue weighted by atomic mass is 9.91. The number of carbonyl (C=O) groups is 2. The van der Waals surface area contributed by atoms with Crippen molar-refractivity contribution < 1.29 is 9.59 Å². The average molecular weight is 322 g/mol. The van der Waals surface area contributed by atoms with E-state index in [-0.39, 0.29) is 17.9 Å². The van der Waals surface area contributed by atoms with Crippen LogP contribution in [0, 0.1) is 0 Å². The van der Waals surface area contributed by atoms with Crippen LogP contribution < -0.4 is 5.32 Å². The summed E-state index contributed by atoms with van der Waals surface area (Å²) in [5.74, 6) is -0.203. The van der Waals surface area contributed by atoms with Crippen LogP contribution in [-0.2, 0) is 16.0 Å². The van der Waals surface area contributed by atoms with Crippen molar-refractivity contribution in [1.82, 2.24) is 10.2 Å². The molecule has 0 aromatic heterocycles. The highest BCUT2D eigenvalue weighted by Crippen LogP contribution is 2.30. The summed E-state index contributed by atoms with van der Waals surface area (Å²) < 4.78 is 0. The van der Waals surface area contributed by atoms with E-state index in [1.807, 2.05) is 61.5 Å². The lowest BCUT2D eigenvalue weighted by Gasteiger charge is -2.36. The van der Waals surface area contributed by atoms with Crippen molar-refractivity contribution in [2.45, 2.75) is 32.4 Å². The van der Waals surface area contributed by atoms with Crippen LogP contribution >= 0.6 is 0 Å². The van der Waals surface area contributed by atoms with Gasteiger partial charge in [0.2, 0.25) is 11.8 Å². The van der Waals surface area contributed by atoms with Gasteiger partial charge in [-0.05, 0) is 30.0 Å². The monoisotopic (exact) mass is 322 g/mol. The van der Waals surface area contributed by atoms with Crippen LogP contribution in [0.4, 0.5) is 0 Å². The van der Waals surface area contributed by atoms with Crippen molar-refractivity contribution in [2.24, 2.45) is 0 Å². The fourth-order valence-corrected chi connectivity index (χ4v) is 3.31. The summed E-state index contributed by atoms with van der Waals surface area (Å²) in [7, 11) is 0. The maximum absolute atomic E-state index is 13.0. The van der Waals surface area contributed by atoms with E-state index in [0.29, 0.717) is 6.54 Å². The molecule has 1 N–H and O–H groups in total. The second kappa shape index (κ2) is 6.87. The third-order valence-electron chi connectivity index (χ3n) is 4.59. The maximum Gasteiger partial charge on any atom is 0.247 e. The number of hydrogen-bond donors (Lipinski definition) is 1.